The Labute approximate surface area is 153 Å². The molecule has 27 heavy (non-hydrogen) atoms. The number of hydrogen-bond donors (Lipinski definition) is 0. The molecule has 0 fully saturated rings. The molecule has 1 aromatic carbocycles. The van der Waals surface area contributed by atoms with Gasteiger partial charge in [0.25, 0.3) is 5.91 Å². The third-order valence-electron chi connectivity index (χ3n) is 4.19. The van der Waals surface area contributed by atoms with Gasteiger partial charge in [-0.15, -0.1) is 0 Å². The first kappa shape index (κ1) is 18.7. The summed E-state index contributed by atoms with van der Waals surface area (Å²) in [6.45, 7) is -0.920. The SMILES string of the molecule is CCc1c(C(=O)N(C)Cc2nccn2C(F)F)cnn1-c1ccc(F)cc1. The van der Waals surface area contributed by atoms with E-state index in [4.69, 9.17) is 0 Å². The van der Waals surface area contributed by atoms with Crippen LogP contribution in [-0.2, 0) is 13.0 Å². The predicted octanol–water partition coefficient (Wildman–Crippen LogP) is 3.44. The highest BCUT2D eigenvalue weighted by Crippen LogP contribution is 2.19. The third kappa shape index (κ3) is 3.71. The molecule has 0 bridgehead atoms. The summed E-state index contributed by atoms with van der Waals surface area (Å²) in [6, 6.07) is 5.76. The maximum absolute atomic E-state index is 13.1. The van der Waals surface area contributed by atoms with E-state index in [-0.39, 0.29) is 24.1 Å². The van der Waals surface area contributed by atoms with Crippen molar-refractivity contribution in [2.24, 2.45) is 0 Å². The van der Waals surface area contributed by atoms with E-state index in [1.807, 2.05) is 6.92 Å². The zero-order valence-electron chi connectivity index (χ0n) is 14.8. The zero-order valence-corrected chi connectivity index (χ0v) is 14.8. The molecule has 0 atom stereocenters. The number of nitrogens with zero attached hydrogens (tertiary/aromatic N) is 5. The van der Waals surface area contributed by atoms with Crippen LogP contribution in [0.2, 0.25) is 0 Å². The summed E-state index contributed by atoms with van der Waals surface area (Å²) in [4.78, 5) is 18.0. The number of rotatable bonds is 6. The van der Waals surface area contributed by atoms with E-state index in [1.54, 1.807) is 16.8 Å². The van der Waals surface area contributed by atoms with Gasteiger partial charge in [0.1, 0.15) is 11.6 Å². The largest absolute Gasteiger partial charge is 0.334 e. The standard InChI is InChI=1S/C18H18F3N5O/c1-3-15-14(10-23-26(15)13-6-4-12(19)5-7-13)17(27)24(2)11-16-22-8-9-25(16)18(20)21/h4-10,18H,3,11H2,1-2H3. The number of imidazole rings is 1. The van der Waals surface area contributed by atoms with Gasteiger partial charge in [-0.3, -0.25) is 9.36 Å². The summed E-state index contributed by atoms with van der Waals surface area (Å²) in [7, 11) is 1.52. The second-order valence-electron chi connectivity index (χ2n) is 5.94. The highest BCUT2D eigenvalue weighted by Gasteiger charge is 2.22. The maximum atomic E-state index is 13.1. The highest BCUT2D eigenvalue weighted by atomic mass is 19.3. The van der Waals surface area contributed by atoms with Crippen LogP contribution in [0, 0.1) is 5.82 Å². The van der Waals surface area contributed by atoms with E-state index in [0.717, 1.165) is 0 Å². The van der Waals surface area contributed by atoms with Gasteiger partial charge in [-0.05, 0) is 30.7 Å². The summed E-state index contributed by atoms with van der Waals surface area (Å²) in [6.07, 6.45) is 4.38. The molecule has 0 spiro atoms. The molecule has 9 heteroatoms. The molecule has 6 nitrogen and oxygen atoms in total. The van der Waals surface area contributed by atoms with Crippen LogP contribution in [-0.4, -0.2) is 37.2 Å². The maximum Gasteiger partial charge on any atom is 0.319 e. The number of benzene rings is 1. The van der Waals surface area contributed by atoms with E-state index < -0.39 is 6.55 Å². The number of aromatic nitrogens is 4. The first-order chi connectivity index (χ1) is 12.9. The lowest BCUT2D eigenvalue weighted by Crippen LogP contribution is -2.28. The van der Waals surface area contributed by atoms with Crippen molar-refractivity contribution in [3.05, 3.63) is 65.8 Å². The van der Waals surface area contributed by atoms with Crippen LogP contribution in [0.15, 0.2) is 42.9 Å². The van der Waals surface area contributed by atoms with Crippen molar-refractivity contribution in [1.29, 1.82) is 0 Å². The van der Waals surface area contributed by atoms with E-state index >= 15 is 0 Å². The van der Waals surface area contributed by atoms with Gasteiger partial charge in [0.05, 0.1) is 29.7 Å². The van der Waals surface area contributed by atoms with Crippen LogP contribution in [0.25, 0.3) is 5.69 Å². The van der Waals surface area contributed by atoms with Crippen LogP contribution >= 0.6 is 0 Å². The molecular formula is C18H18F3N5O. The Morgan fingerprint density at radius 3 is 2.59 bits per heavy atom. The molecule has 142 valence electrons. The summed E-state index contributed by atoms with van der Waals surface area (Å²) in [5, 5.41) is 4.24. The molecule has 0 unspecified atom stereocenters. The minimum atomic E-state index is -2.72. The fourth-order valence-corrected chi connectivity index (χ4v) is 2.83. The van der Waals surface area contributed by atoms with Crippen molar-refractivity contribution in [3.63, 3.8) is 0 Å². The second kappa shape index (κ2) is 7.65. The number of amides is 1. The summed E-state index contributed by atoms with van der Waals surface area (Å²) in [5.74, 6) is -0.636. The Kier molecular flexibility index (Phi) is 5.29. The Morgan fingerprint density at radius 2 is 1.96 bits per heavy atom. The number of alkyl halides is 2. The number of carbonyl (C=O) groups excluding carboxylic acids is 1. The first-order valence-electron chi connectivity index (χ1n) is 8.30. The lowest BCUT2D eigenvalue weighted by atomic mass is 10.1. The molecule has 0 aliphatic carbocycles. The van der Waals surface area contributed by atoms with Crippen LogP contribution in [0.4, 0.5) is 13.2 Å². The van der Waals surface area contributed by atoms with Crippen LogP contribution in [0.1, 0.15) is 35.3 Å². The molecule has 0 saturated carbocycles. The highest BCUT2D eigenvalue weighted by molar-refractivity contribution is 5.95. The van der Waals surface area contributed by atoms with E-state index in [1.165, 1.54) is 42.7 Å². The van der Waals surface area contributed by atoms with Crippen LogP contribution in [0.5, 0.6) is 0 Å². The van der Waals surface area contributed by atoms with Gasteiger partial charge in [-0.2, -0.15) is 13.9 Å². The molecular weight excluding hydrogens is 359 g/mol. The van der Waals surface area contributed by atoms with Crippen molar-refractivity contribution in [3.8, 4) is 5.69 Å². The zero-order chi connectivity index (χ0) is 19.6. The van der Waals surface area contributed by atoms with Gasteiger partial charge < -0.3 is 4.90 Å². The summed E-state index contributed by atoms with van der Waals surface area (Å²) >= 11 is 0. The van der Waals surface area contributed by atoms with E-state index in [0.29, 0.717) is 27.9 Å². The predicted molar refractivity (Wildman–Crippen MR) is 92.2 cm³/mol. The van der Waals surface area contributed by atoms with Crippen molar-refractivity contribution >= 4 is 5.91 Å². The molecule has 2 aromatic heterocycles. The Balaban J connectivity index is 1.86. The van der Waals surface area contributed by atoms with Crippen LogP contribution < -0.4 is 0 Å². The molecule has 0 aliphatic heterocycles. The quantitative estimate of drug-likeness (QED) is 0.661. The molecule has 0 aliphatic rings. The molecule has 2 heterocycles. The van der Waals surface area contributed by atoms with Gasteiger partial charge in [-0.25, -0.2) is 14.1 Å². The monoisotopic (exact) mass is 377 g/mol. The van der Waals surface area contributed by atoms with Crippen LogP contribution in [0.3, 0.4) is 0 Å². The normalized spacial score (nSPS) is 11.2. The fourth-order valence-electron chi connectivity index (χ4n) is 2.83. The van der Waals surface area contributed by atoms with Crippen molar-refractivity contribution in [2.45, 2.75) is 26.4 Å². The first-order valence-corrected chi connectivity index (χ1v) is 8.30. The van der Waals surface area contributed by atoms with Gasteiger partial charge >= 0.3 is 6.55 Å². The summed E-state index contributed by atoms with van der Waals surface area (Å²) < 4.78 is 41.3. The minimum Gasteiger partial charge on any atom is -0.334 e. The Hall–Kier alpha value is -3.10. The Bertz CT molecular complexity index is 933. The smallest absolute Gasteiger partial charge is 0.319 e. The topological polar surface area (TPSA) is 56.0 Å². The number of halogens is 3. The fraction of sp³-hybridized carbons (Fsp3) is 0.278. The molecule has 3 aromatic rings. The average Bonchev–Trinajstić information content (AvgIpc) is 3.28. The van der Waals surface area contributed by atoms with E-state index in [2.05, 4.69) is 10.1 Å². The van der Waals surface area contributed by atoms with Gasteiger partial charge in [0, 0.05) is 19.4 Å². The minimum absolute atomic E-state index is 0.0684. The molecule has 0 radical (unpaired) electrons. The second-order valence-corrected chi connectivity index (χ2v) is 5.94. The number of hydrogen-bond acceptors (Lipinski definition) is 3. The van der Waals surface area contributed by atoms with Crippen molar-refractivity contribution in [1.82, 2.24) is 24.2 Å². The lowest BCUT2D eigenvalue weighted by molar-refractivity contribution is 0.0612. The van der Waals surface area contributed by atoms with Crippen molar-refractivity contribution < 1.29 is 18.0 Å². The van der Waals surface area contributed by atoms with Crippen molar-refractivity contribution in [2.75, 3.05) is 7.05 Å². The number of carbonyl (C=O) groups is 1. The van der Waals surface area contributed by atoms with Gasteiger partial charge in [-0.1, -0.05) is 6.92 Å². The molecule has 0 saturated heterocycles. The van der Waals surface area contributed by atoms with Gasteiger partial charge in [0.2, 0.25) is 0 Å². The molecule has 0 N–H and O–H groups in total. The summed E-state index contributed by atoms with van der Waals surface area (Å²) in [5.41, 5.74) is 1.64. The molecule has 3 rings (SSSR count). The van der Waals surface area contributed by atoms with E-state index in [9.17, 15) is 18.0 Å². The Morgan fingerprint density at radius 1 is 1.26 bits per heavy atom. The van der Waals surface area contributed by atoms with Gasteiger partial charge in [0.15, 0.2) is 0 Å². The third-order valence-corrected chi connectivity index (χ3v) is 4.19. The molecule has 1 amide bonds. The lowest BCUT2D eigenvalue weighted by Gasteiger charge is -2.18. The average molecular weight is 377 g/mol.